The number of hydrogen-bond donors (Lipinski definition) is 0. The van der Waals surface area contributed by atoms with E-state index < -0.39 is 0 Å². The molecule has 1 unspecified atom stereocenters. The van der Waals surface area contributed by atoms with Gasteiger partial charge in [0.05, 0.1) is 12.5 Å². The van der Waals surface area contributed by atoms with Crippen LogP contribution in [0.1, 0.15) is 6.42 Å². The fourth-order valence-corrected chi connectivity index (χ4v) is 1.24. The van der Waals surface area contributed by atoms with Crippen LogP contribution in [-0.4, -0.2) is 36.0 Å². The van der Waals surface area contributed by atoms with E-state index in [1.807, 2.05) is 0 Å². The number of rotatable bonds is 3. The third kappa shape index (κ3) is 1.80. The first kappa shape index (κ1) is 8.68. The standard InChI is InChI=1S/C8H10N2O2/c1-2-3-10-5-7(9-6-11)4-8(10)12/h2,7H,1,3-5H2. The van der Waals surface area contributed by atoms with Crippen molar-refractivity contribution in [3.63, 3.8) is 0 Å². The smallest absolute Gasteiger partial charge is 0.235 e. The normalized spacial score (nSPS) is 22.2. The molecule has 0 N–H and O–H groups in total. The second kappa shape index (κ2) is 3.83. The lowest BCUT2D eigenvalue weighted by molar-refractivity contribution is -0.127. The molecule has 0 saturated carbocycles. The van der Waals surface area contributed by atoms with Gasteiger partial charge in [0.1, 0.15) is 0 Å². The third-order valence-electron chi connectivity index (χ3n) is 1.78. The van der Waals surface area contributed by atoms with E-state index in [1.54, 1.807) is 11.0 Å². The van der Waals surface area contributed by atoms with Crippen molar-refractivity contribution in [1.29, 1.82) is 0 Å². The first-order chi connectivity index (χ1) is 5.77. The van der Waals surface area contributed by atoms with E-state index in [-0.39, 0.29) is 11.9 Å². The molecule has 0 bridgehead atoms. The Morgan fingerprint density at radius 1 is 1.83 bits per heavy atom. The highest BCUT2D eigenvalue weighted by Crippen LogP contribution is 2.12. The number of amides is 1. The van der Waals surface area contributed by atoms with Crippen LogP contribution in [-0.2, 0) is 9.59 Å². The number of nitrogens with zero attached hydrogens (tertiary/aromatic N) is 2. The molecule has 1 fully saturated rings. The van der Waals surface area contributed by atoms with E-state index in [9.17, 15) is 9.59 Å². The number of hydrogen-bond acceptors (Lipinski definition) is 3. The fraction of sp³-hybridized carbons (Fsp3) is 0.500. The number of carbonyl (C=O) groups excluding carboxylic acids is 2. The molecule has 4 heteroatoms. The lowest BCUT2D eigenvalue weighted by Gasteiger charge is -2.11. The van der Waals surface area contributed by atoms with Gasteiger partial charge in [-0.3, -0.25) is 4.79 Å². The maximum atomic E-state index is 11.1. The lowest BCUT2D eigenvalue weighted by Crippen LogP contribution is -2.25. The summed E-state index contributed by atoms with van der Waals surface area (Å²) in [6, 6.07) is -0.199. The highest BCUT2D eigenvalue weighted by molar-refractivity contribution is 5.79. The van der Waals surface area contributed by atoms with Crippen LogP contribution in [0.3, 0.4) is 0 Å². The Morgan fingerprint density at radius 3 is 3.17 bits per heavy atom. The second-order valence-electron chi connectivity index (χ2n) is 2.67. The van der Waals surface area contributed by atoms with Crippen molar-refractivity contribution in [3.8, 4) is 0 Å². The minimum Gasteiger partial charge on any atom is -0.337 e. The average molecular weight is 166 g/mol. The number of isocyanates is 1. The molecule has 12 heavy (non-hydrogen) atoms. The molecule has 0 aliphatic carbocycles. The van der Waals surface area contributed by atoms with Gasteiger partial charge in [0.2, 0.25) is 12.0 Å². The van der Waals surface area contributed by atoms with E-state index >= 15 is 0 Å². The van der Waals surface area contributed by atoms with Crippen LogP contribution in [0.5, 0.6) is 0 Å². The summed E-state index contributed by atoms with van der Waals surface area (Å²) in [7, 11) is 0. The molecule has 0 aromatic heterocycles. The monoisotopic (exact) mass is 166 g/mol. The molecule has 1 saturated heterocycles. The van der Waals surface area contributed by atoms with Crippen LogP contribution in [0, 0.1) is 0 Å². The largest absolute Gasteiger partial charge is 0.337 e. The molecule has 0 aromatic carbocycles. The topological polar surface area (TPSA) is 49.7 Å². The van der Waals surface area contributed by atoms with Gasteiger partial charge in [0, 0.05) is 13.1 Å². The zero-order chi connectivity index (χ0) is 8.97. The molecule has 0 aromatic rings. The Kier molecular flexibility index (Phi) is 2.77. The molecule has 0 spiro atoms. The summed E-state index contributed by atoms with van der Waals surface area (Å²) >= 11 is 0. The number of aliphatic imine (C=N–C) groups is 1. The fourth-order valence-electron chi connectivity index (χ4n) is 1.24. The van der Waals surface area contributed by atoms with E-state index in [0.717, 1.165) is 0 Å². The zero-order valence-corrected chi connectivity index (χ0v) is 6.69. The van der Waals surface area contributed by atoms with Crippen molar-refractivity contribution in [2.75, 3.05) is 13.1 Å². The van der Waals surface area contributed by atoms with Crippen molar-refractivity contribution in [3.05, 3.63) is 12.7 Å². The Morgan fingerprint density at radius 2 is 2.58 bits per heavy atom. The molecule has 1 aliphatic heterocycles. The van der Waals surface area contributed by atoms with Crippen molar-refractivity contribution in [2.45, 2.75) is 12.5 Å². The van der Waals surface area contributed by atoms with Gasteiger partial charge >= 0.3 is 0 Å². The summed E-state index contributed by atoms with van der Waals surface area (Å²) < 4.78 is 0. The van der Waals surface area contributed by atoms with E-state index in [4.69, 9.17) is 0 Å². The van der Waals surface area contributed by atoms with Crippen LogP contribution >= 0.6 is 0 Å². The van der Waals surface area contributed by atoms with Gasteiger partial charge in [-0.1, -0.05) is 6.08 Å². The van der Waals surface area contributed by atoms with Crippen molar-refractivity contribution in [1.82, 2.24) is 4.90 Å². The molecule has 1 rings (SSSR count). The lowest BCUT2D eigenvalue weighted by atomic mass is 10.3. The second-order valence-corrected chi connectivity index (χ2v) is 2.67. The minimum absolute atomic E-state index is 0.0268. The van der Waals surface area contributed by atoms with Crippen molar-refractivity contribution < 1.29 is 9.59 Å². The molecule has 4 nitrogen and oxygen atoms in total. The summed E-state index contributed by atoms with van der Waals surface area (Å²) in [4.78, 5) is 26.2. The maximum Gasteiger partial charge on any atom is 0.235 e. The Balaban J connectivity index is 2.55. The van der Waals surface area contributed by atoms with Crippen LogP contribution < -0.4 is 0 Å². The minimum atomic E-state index is -0.199. The van der Waals surface area contributed by atoms with Crippen molar-refractivity contribution in [2.24, 2.45) is 4.99 Å². The average Bonchev–Trinajstić information content (AvgIpc) is 2.34. The van der Waals surface area contributed by atoms with Crippen LogP contribution in [0.4, 0.5) is 0 Å². The summed E-state index contributed by atoms with van der Waals surface area (Å²) in [6.07, 6.45) is 3.44. The first-order valence-electron chi connectivity index (χ1n) is 3.73. The number of carbonyl (C=O) groups is 1. The van der Waals surface area contributed by atoms with Gasteiger partial charge in [0.25, 0.3) is 0 Å². The molecule has 1 heterocycles. The van der Waals surface area contributed by atoms with Gasteiger partial charge < -0.3 is 4.90 Å². The molecule has 1 atom stereocenters. The molecule has 0 radical (unpaired) electrons. The Labute approximate surface area is 70.6 Å². The van der Waals surface area contributed by atoms with Gasteiger partial charge in [0.15, 0.2) is 0 Å². The Hall–Kier alpha value is -1.41. The van der Waals surface area contributed by atoms with E-state index in [0.29, 0.717) is 19.5 Å². The van der Waals surface area contributed by atoms with Crippen LogP contribution in [0.2, 0.25) is 0 Å². The van der Waals surface area contributed by atoms with Gasteiger partial charge in [-0.15, -0.1) is 6.58 Å². The summed E-state index contributed by atoms with van der Waals surface area (Å²) in [6.45, 7) is 4.57. The predicted octanol–water partition coefficient (Wildman–Crippen LogP) is 0.109. The number of likely N-dealkylation sites (tertiary alicyclic amines) is 1. The predicted molar refractivity (Wildman–Crippen MR) is 43.3 cm³/mol. The van der Waals surface area contributed by atoms with Gasteiger partial charge in [-0.2, -0.15) is 0 Å². The molecular formula is C8H10N2O2. The Bertz CT molecular complexity index is 243. The molecule has 1 aliphatic rings. The quantitative estimate of drug-likeness (QED) is 0.339. The van der Waals surface area contributed by atoms with E-state index in [1.165, 1.54) is 6.08 Å². The van der Waals surface area contributed by atoms with Gasteiger partial charge in [-0.25, -0.2) is 9.79 Å². The zero-order valence-electron chi connectivity index (χ0n) is 6.69. The highest BCUT2D eigenvalue weighted by Gasteiger charge is 2.28. The SMILES string of the molecule is C=CCN1CC(N=C=O)CC1=O. The third-order valence-corrected chi connectivity index (χ3v) is 1.78. The highest BCUT2D eigenvalue weighted by atomic mass is 16.2. The summed E-state index contributed by atoms with van der Waals surface area (Å²) in [5, 5.41) is 0. The molecule has 64 valence electrons. The van der Waals surface area contributed by atoms with Crippen LogP contribution in [0.15, 0.2) is 17.6 Å². The molecular weight excluding hydrogens is 156 g/mol. The van der Waals surface area contributed by atoms with E-state index in [2.05, 4.69) is 11.6 Å². The first-order valence-corrected chi connectivity index (χ1v) is 3.73. The summed E-state index contributed by atoms with van der Waals surface area (Å²) in [5.74, 6) is 0.0268. The maximum absolute atomic E-state index is 11.1. The summed E-state index contributed by atoms with van der Waals surface area (Å²) in [5.41, 5.74) is 0. The van der Waals surface area contributed by atoms with Gasteiger partial charge in [-0.05, 0) is 0 Å². The molecule has 1 amide bonds. The van der Waals surface area contributed by atoms with Crippen molar-refractivity contribution >= 4 is 12.0 Å². The van der Waals surface area contributed by atoms with Crippen LogP contribution in [0.25, 0.3) is 0 Å².